The molecule has 2 heterocycles. The predicted molar refractivity (Wildman–Crippen MR) is 83.4 cm³/mol. The van der Waals surface area contributed by atoms with Crippen LogP contribution in [0, 0.1) is 0 Å². The van der Waals surface area contributed by atoms with Gasteiger partial charge in [0, 0.05) is 11.5 Å². The van der Waals surface area contributed by atoms with Gasteiger partial charge in [0.2, 0.25) is 0 Å². The molecule has 0 N–H and O–H groups in total. The summed E-state index contributed by atoms with van der Waals surface area (Å²) in [7, 11) is 1.73. The number of halogens is 1. The van der Waals surface area contributed by atoms with Gasteiger partial charge in [-0.05, 0) is 50.6 Å². The van der Waals surface area contributed by atoms with Gasteiger partial charge in [0.15, 0.2) is 0 Å². The molecule has 0 bridgehead atoms. The molecule has 1 saturated heterocycles. The van der Waals surface area contributed by atoms with Crippen LogP contribution in [0.2, 0.25) is 0 Å². The van der Waals surface area contributed by atoms with Crippen LogP contribution in [0.4, 0.5) is 0 Å². The van der Waals surface area contributed by atoms with E-state index >= 15 is 0 Å². The van der Waals surface area contributed by atoms with Gasteiger partial charge in [0.1, 0.15) is 18.1 Å². The number of benzene rings is 1. The number of hydrogen-bond donors (Lipinski definition) is 0. The fourth-order valence-electron chi connectivity index (χ4n) is 3.53. The maximum absolute atomic E-state index is 5.97. The summed E-state index contributed by atoms with van der Waals surface area (Å²) < 4.78 is 11.3. The van der Waals surface area contributed by atoms with Crippen LogP contribution in [0.15, 0.2) is 18.2 Å². The Bertz CT molecular complexity index is 450. The minimum atomic E-state index is 0. The largest absolute Gasteiger partial charge is 0.497 e. The number of nitrogens with zero attached hydrogens (tertiary/aromatic N) is 1. The maximum atomic E-state index is 5.97. The number of piperidine rings is 1. The van der Waals surface area contributed by atoms with Crippen molar-refractivity contribution in [3.63, 3.8) is 0 Å². The Morgan fingerprint density at radius 1 is 1.40 bits per heavy atom. The number of rotatable bonds is 3. The molecule has 2 unspecified atom stereocenters. The summed E-state index contributed by atoms with van der Waals surface area (Å²) in [6.07, 6.45) is 3.78. The monoisotopic (exact) mass is 297 g/mol. The molecule has 0 saturated carbocycles. The lowest BCUT2D eigenvalue weighted by atomic mass is 9.81. The lowest BCUT2D eigenvalue weighted by Gasteiger charge is -2.44. The molecule has 2 aliphatic heterocycles. The van der Waals surface area contributed by atoms with Crippen molar-refractivity contribution < 1.29 is 9.47 Å². The SMILES string of the molecule is CCCN1CCCC2c3cc(OC)ccc3OCC21.Cl. The molecule has 2 atom stereocenters. The third-order valence-corrected chi connectivity index (χ3v) is 4.43. The molecule has 0 aromatic heterocycles. The molecule has 0 amide bonds. The van der Waals surface area contributed by atoms with Gasteiger partial charge in [-0.3, -0.25) is 4.90 Å². The topological polar surface area (TPSA) is 21.7 Å². The van der Waals surface area contributed by atoms with E-state index in [1.807, 2.05) is 6.07 Å². The zero-order valence-corrected chi connectivity index (χ0v) is 13.1. The van der Waals surface area contributed by atoms with E-state index in [1.165, 1.54) is 37.9 Å². The van der Waals surface area contributed by atoms with Crippen LogP contribution in [-0.4, -0.2) is 37.7 Å². The minimum absolute atomic E-state index is 0. The Labute approximate surface area is 127 Å². The van der Waals surface area contributed by atoms with Crippen molar-refractivity contribution in [1.29, 1.82) is 0 Å². The first-order valence-corrected chi connectivity index (χ1v) is 7.38. The molecule has 0 radical (unpaired) electrons. The van der Waals surface area contributed by atoms with Crippen molar-refractivity contribution in [2.75, 3.05) is 26.8 Å². The van der Waals surface area contributed by atoms with Crippen molar-refractivity contribution in [3.8, 4) is 11.5 Å². The smallest absolute Gasteiger partial charge is 0.123 e. The van der Waals surface area contributed by atoms with E-state index in [1.54, 1.807) is 7.11 Å². The standard InChI is InChI=1S/C16H23NO2.ClH/c1-3-8-17-9-4-5-13-14-10-12(18-2)6-7-16(14)19-11-15(13)17;/h6-7,10,13,15H,3-5,8-9,11H2,1-2H3;1H. The summed E-state index contributed by atoms with van der Waals surface area (Å²) in [5.41, 5.74) is 1.34. The summed E-state index contributed by atoms with van der Waals surface area (Å²) in [6, 6.07) is 6.77. The van der Waals surface area contributed by atoms with Gasteiger partial charge in [-0.1, -0.05) is 6.92 Å². The van der Waals surface area contributed by atoms with Crippen LogP contribution in [-0.2, 0) is 0 Å². The maximum Gasteiger partial charge on any atom is 0.123 e. The Kier molecular flexibility index (Phi) is 5.17. The van der Waals surface area contributed by atoms with Crippen LogP contribution in [0.5, 0.6) is 11.5 Å². The zero-order valence-electron chi connectivity index (χ0n) is 12.3. The van der Waals surface area contributed by atoms with E-state index in [2.05, 4.69) is 24.0 Å². The van der Waals surface area contributed by atoms with Crippen molar-refractivity contribution in [2.45, 2.75) is 38.1 Å². The Hall–Kier alpha value is -0.930. The normalized spacial score (nSPS) is 24.9. The van der Waals surface area contributed by atoms with E-state index in [0.717, 1.165) is 18.1 Å². The number of methoxy groups -OCH3 is 1. The van der Waals surface area contributed by atoms with E-state index in [9.17, 15) is 0 Å². The average molecular weight is 298 g/mol. The van der Waals surface area contributed by atoms with Crippen molar-refractivity contribution in [2.24, 2.45) is 0 Å². The lowest BCUT2D eigenvalue weighted by Crippen LogP contribution is -2.49. The number of likely N-dealkylation sites (tertiary alicyclic amines) is 1. The second kappa shape index (κ2) is 6.68. The Morgan fingerprint density at radius 2 is 2.25 bits per heavy atom. The van der Waals surface area contributed by atoms with Crippen molar-refractivity contribution in [1.82, 2.24) is 4.90 Å². The molecule has 3 rings (SSSR count). The first kappa shape index (κ1) is 15.5. The molecular weight excluding hydrogens is 274 g/mol. The van der Waals surface area contributed by atoms with Crippen LogP contribution in [0.1, 0.15) is 37.7 Å². The molecule has 3 nitrogen and oxygen atoms in total. The van der Waals surface area contributed by atoms with Crippen molar-refractivity contribution >= 4 is 12.4 Å². The van der Waals surface area contributed by atoms with Crippen molar-refractivity contribution in [3.05, 3.63) is 23.8 Å². The van der Waals surface area contributed by atoms with E-state index in [4.69, 9.17) is 9.47 Å². The van der Waals surface area contributed by atoms with E-state index < -0.39 is 0 Å². The average Bonchev–Trinajstić information content (AvgIpc) is 2.47. The fraction of sp³-hybridized carbons (Fsp3) is 0.625. The van der Waals surface area contributed by atoms with Gasteiger partial charge >= 0.3 is 0 Å². The first-order chi connectivity index (χ1) is 9.33. The molecule has 4 heteroatoms. The fourth-order valence-corrected chi connectivity index (χ4v) is 3.53. The van der Waals surface area contributed by atoms with Gasteiger partial charge in [-0.15, -0.1) is 12.4 Å². The molecule has 2 aliphatic rings. The highest BCUT2D eigenvalue weighted by atomic mass is 35.5. The highest BCUT2D eigenvalue weighted by Crippen LogP contribution is 2.42. The molecular formula is C16H24ClNO2. The third-order valence-electron chi connectivity index (χ3n) is 4.43. The molecule has 1 aromatic rings. The molecule has 20 heavy (non-hydrogen) atoms. The van der Waals surface area contributed by atoms with E-state index in [-0.39, 0.29) is 12.4 Å². The van der Waals surface area contributed by atoms with Crippen LogP contribution in [0.3, 0.4) is 0 Å². The highest BCUT2D eigenvalue weighted by molar-refractivity contribution is 5.85. The third kappa shape index (κ3) is 2.75. The first-order valence-electron chi connectivity index (χ1n) is 7.38. The summed E-state index contributed by atoms with van der Waals surface area (Å²) >= 11 is 0. The van der Waals surface area contributed by atoms with Crippen LogP contribution in [0.25, 0.3) is 0 Å². The molecule has 1 aromatic carbocycles. The second-order valence-electron chi connectivity index (χ2n) is 5.57. The van der Waals surface area contributed by atoms with Crippen LogP contribution < -0.4 is 9.47 Å². The van der Waals surface area contributed by atoms with Gasteiger partial charge in [-0.25, -0.2) is 0 Å². The summed E-state index contributed by atoms with van der Waals surface area (Å²) in [5.74, 6) is 2.61. The van der Waals surface area contributed by atoms with Gasteiger partial charge < -0.3 is 9.47 Å². The minimum Gasteiger partial charge on any atom is -0.497 e. The predicted octanol–water partition coefficient (Wildman–Crippen LogP) is 3.47. The highest BCUT2D eigenvalue weighted by Gasteiger charge is 2.37. The number of ether oxygens (including phenoxy) is 2. The molecule has 1 fully saturated rings. The molecule has 0 spiro atoms. The lowest BCUT2D eigenvalue weighted by molar-refractivity contribution is 0.0658. The Morgan fingerprint density at radius 3 is 3.00 bits per heavy atom. The van der Waals surface area contributed by atoms with E-state index in [0.29, 0.717) is 12.0 Å². The summed E-state index contributed by atoms with van der Waals surface area (Å²) in [6.45, 7) is 5.50. The number of hydrogen-bond acceptors (Lipinski definition) is 3. The molecule has 112 valence electrons. The second-order valence-corrected chi connectivity index (χ2v) is 5.57. The number of fused-ring (bicyclic) bond motifs is 3. The summed E-state index contributed by atoms with van der Waals surface area (Å²) in [5, 5.41) is 0. The quantitative estimate of drug-likeness (QED) is 0.853. The van der Waals surface area contributed by atoms with Gasteiger partial charge in [0.05, 0.1) is 13.2 Å². The van der Waals surface area contributed by atoms with Crippen LogP contribution >= 0.6 is 12.4 Å². The Balaban J connectivity index is 0.00000147. The molecule has 0 aliphatic carbocycles. The van der Waals surface area contributed by atoms with Gasteiger partial charge in [-0.2, -0.15) is 0 Å². The zero-order chi connectivity index (χ0) is 13.2. The summed E-state index contributed by atoms with van der Waals surface area (Å²) in [4.78, 5) is 2.61. The van der Waals surface area contributed by atoms with Gasteiger partial charge in [0.25, 0.3) is 0 Å².